The Morgan fingerprint density at radius 3 is 2.83 bits per heavy atom. The van der Waals surface area contributed by atoms with Gasteiger partial charge in [0.1, 0.15) is 0 Å². The van der Waals surface area contributed by atoms with Gasteiger partial charge in [-0.05, 0) is 45.7 Å². The van der Waals surface area contributed by atoms with Gasteiger partial charge in [-0.3, -0.25) is 0 Å². The van der Waals surface area contributed by atoms with E-state index in [4.69, 9.17) is 5.11 Å². The quantitative estimate of drug-likeness (QED) is 0.833. The molecule has 2 aliphatic rings. The van der Waals surface area contributed by atoms with Gasteiger partial charge in [0.15, 0.2) is 0 Å². The van der Waals surface area contributed by atoms with Crippen molar-refractivity contribution >= 4 is 29.9 Å². The number of hydrogen-bond donors (Lipinski definition) is 1. The van der Waals surface area contributed by atoms with Crippen LogP contribution in [0.2, 0.25) is 0 Å². The Morgan fingerprint density at radius 1 is 1.11 bits per heavy atom. The highest BCUT2D eigenvalue weighted by atomic mass is 32.2. The van der Waals surface area contributed by atoms with Crippen molar-refractivity contribution < 1.29 is 9.90 Å². The first kappa shape index (κ1) is 11.1. The highest BCUT2D eigenvalue weighted by molar-refractivity contribution is 8.06. The van der Waals surface area contributed by atoms with Crippen molar-refractivity contribution in [1.82, 2.24) is 0 Å². The van der Waals surface area contributed by atoms with E-state index in [1.165, 1.54) is 10.5 Å². The lowest BCUT2D eigenvalue weighted by molar-refractivity contribution is 0.0697. The molecule has 1 aliphatic heterocycles. The average molecular weight is 254 g/mol. The largest absolute Gasteiger partial charge is 0.478 e. The SMILES string of the molecule is O=C(O)c1ccc2c(c1)=CC=C1SC=CC=C1C=2. The van der Waals surface area contributed by atoms with Crippen LogP contribution in [0, 0.1) is 0 Å². The molecule has 0 saturated carbocycles. The van der Waals surface area contributed by atoms with Crippen LogP contribution in [-0.4, -0.2) is 11.1 Å². The molecule has 0 spiro atoms. The van der Waals surface area contributed by atoms with Crippen LogP contribution in [0.25, 0.3) is 12.2 Å². The maximum Gasteiger partial charge on any atom is 0.335 e. The summed E-state index contributed by atoms with van der Waals surface area (Å²) >= 11 is 1.68. The zero-order valence-electron chi connectivity index (χ0n) is 9.46. The Hall–Kier alpha value is -2.00. The molecule has 1 aliphatic carbocycles. The number of fused-ring (bicyclic) bond motifs is 2. The lowest BCUT2D eigenvalue weighted by Crippen LogP contribution is -2.25. The van der Waals surface area contributed by atoms with Gasteiger partial charge < -0.3 is 5.11 Å². The normalized spacial score (nSPS) is 16.2. The molecule has 1 heterocycles. The molecule has 0 radical (unpaired) electrons. The van der Waals surface area contributed by atoms with Crippen LogP contribution in [0.3, 0.4) is 0 Å². The number of aromatic carboxylic acids is 1. The van der Waals surface area contributed by atoms with Gasteiger partial charge in [0.2, 0.25) is 0 Å². The summed E-state index contributed by atoms with van der Waals surface area (Å²) in [6.45, 7) is 0. The minimum Gasteiger partial charge on any atom is -0.478 e. The van der Waals surface area contributed by atoms with Gasteiger partial charge in [-0.2, -0.15) is 0 Å². The fraction of sp³-hybridized carbons (Fsp3) is 0. The second-order valence-corrected chi connectivity index (χ2v) is 5.01. The second-order valence-electron chi connectivity index (χ2n) is 4.06. The Morgan fingerprint density at radius 2 is 2.00 bits per heavy atom. The molecule has 0 atom stereocenters. The number of carboxylic acids is 1. The smallest absolute Gasteiger partial charge is 0.335 e. The fourth-order valence-corrected chi connectivity index (χ4v) is 2.69. The van der Waals surface area contributed by atoms with Gasteiger partial charge in [0.05, 0.1) is 5.56 Å². The first-order chi connectivity index (χ1) is 8.74. The van der Waals surface area contributed by atoms with Gasteiger partial charge in [-0.25, -0.2) is 4.79 Å². The second kappa shape index (κ2) is 4.35. The minimum absolute atomic E-state index is 0.321. The zero-order valence-corrected chi connectivity index (χ0v) is 10.3. The Labute approximate surface area is 108 Å². The van der Waals surface area contributed by atoms with Gasteiger partial charge >= 0.3 is 5.97 Å². The summed E-state index contributed by atoms with van der Waals surface area (Å²) < 4.78 is 0. The maximum atomic E-state index is 11.0. The third-order valence-corrected chi connectivity index (χ3v) is 3.81. The molecule has 18 heavy (non-hydrogen) atoms. The number of carbonyl (C=O) groups is 1. The maximum absolute atomic E-state index is 11.0. The summed E-state index contributed by atoms with van der Waals surface area (Å²) in [5, 5.41) is 13.0. The molecule has 0 bridgehead atoms. The Bertz CT molecular complexity index is 736. The van der Waals surface area contributed by atoms with Crippen molar-refractivity contribution in [3.63, 3.8) is 0 Å². The minimum atomic E-state index is -0.893. The standard InChI is InChI=1S/C15H10O2S/c16-15(17)13-4-3-10-8-12-2-1-7-18-14(12)6-5-11(10)9-13/h1-9H,(H,16,17). The molecule has 3 rings (SSSR count). The molecule has 0 fully saturated rings. The van der Waals surface area contributed by atoms with Gasteiger partial charge in [0.25, 0.3) is 0 Å². The molecule has 2 nitrogen and oxygen atoms in total. The van der Waals surface area contributed by atoms with Gasteiger partial charge in [0, 0.05) is 4.91 Å². The third kappa shape index (κ3) is 1.93. The molecule has 1 aromatic rings. The van der Waals surface area contributed by atoms with Gasteiger partial charge in [-0.1, -0.05) is 36.1 Å². The Kier molecular flexibility index (Phi) is 2.68. The molecule has 0 saturated heterocycles. The number of benzene rings is 1. The van der Waals surface area contributed by atoms with Crippen molar-refractivity contribution in [1.29, 1.82) is 0 Å². The topological polar surface area (TPSA) is 37.3 Å². The molecular formula is C15H10O2S. The molecule has 88 valence electrons. The molecule has 0 unspecified atom stereocenters. The third-order valence-electron chi connectivity index (χ3n) is 2.89. The lowest BCUT2D eigenvalue weighted by atomic mass is 10.1. The predicted molar refractivity (Wildman–Crippen MR) is 74.5 cm³/mol. The first-order valence-corrected chi connectivity index (χ1v) is 6.43. The van der Waals surface area contributed by atoms with E-state index in [1.54, 1.807) is 23.9 Å². The van der Waals surface area contributed by atoms with E-state index in [1.807, 2.05) is 29.7 Å². The van der Waals surface area contributed by atoms with E-state index < -0.39 is 5.97 Å². The number of thioether (sulfide) groups is 1. The summed E-state index contributed by atoms with van der Waals surface area (Å²) in [5.41, 5.74) is 1.49. The van der Waals surface area contributed by atoms with Crippen LogP contribution < -0.4 is 10.4 Å². The average Bonchev–Trinajstić information content (AvgIpc) is 2.56. The molecule has 0 amide bonds. The van der Waals surface area contributed by atoms with E-state index in [9.17, 15) is 4.79 Å². The van der Waals surface area contributed by atoms with Crippen molar-refractivity contribution in [3.8, 4) is 0 Å². The number of rotatable bonds is 1. The zero-order chi connectivity index (χ0) is 12.5. The number of hydrogen-bond acceptors (Lipinski definition) is 2. The molecule has 1 aromatic carbocycles. The summed E-state index contributed by atoms with van der Waals surface area (Å²) in [5.74, 6) is -0.893. The van der Waals surface area contributed by atoms with E-state index in [0.29, 0.717) is 5.56 Å². The summed E-state index contributed by atoms with van der Waals surface area (Å²) in [7, 11) is 0. The molecule has 1 N–H and O–H groups in total. The van der Waals surface area contributed by atoms with Crippen molar-refractivity contribution in [2.75, 3.05) is 0 Å². The van der Waals surface area contributed by atoms with Crippen LogP contribution >= 0.6 is 11.8 Å². The van der Waals surface area contributed by atoms with Gasteiger partial charge in [-0.15, -0.1) is 0 Å². The molecule has 3 heteroatoms. The summed E-state index contributed by atoms with van der Waals surface area (Å²) in [4.78, 5) is 12.1. The Balaban J connectivity index is 2.25. The van der Waals surface area contributed by atoms with E-state index >= 15 is 0 Å². The fourth-order valence-electron chi connectivity index (χ4n) is 1.98. The number of carboxylic acid groups (broad SMARTS) is 1. The monoisotopic (exact) mass is 254 g/mol. The number of allylic oxidation sites excluding steroid dienone is 4. The summed E-state index contributed by atoms with van der Waals surface area (Å²) in [6, 6.07) is 5.21. The van der Waals surface area contributed by atoms with E-state index in [2.05, 4.69) is 12.2 Å². The van der Waals surface area contributed by atoms with Crippen molar-refractivity contribution in [3.05, 3.63) is 68.3 Å². The van der Waals surface area contributed by atoms with E-state index in [0.717, 1.165) is 10.4 Å². The van der Waals surface area contributed by atoms with Crippen LogP contribution in [0.5, 0.6) is 0 Å². The van der Waals surface area contributed by atoms with Crippen LogP contribution in [0.4, 0.5) is 0 Å². The predicted octanol–water partition coefficient (Wildman–Crippen LogP) is 2.03. The first-order valence-electron chi connectivity index (χ1n) is 5.55. The van der Waals surface area contributed by atoms with Crippen LogP contribution in [0.1, 0.15) is 10.4 Å². The molecular weight excluding hydrogens is 244 g/mol. The lowest BCUT2D eigenvalue weighted by Gasteiger charge is -2.06. The molecule has 0 aromatic heterocycles. The summed E-state index contributed by atoms with van der Waals surface area (Å²) in [6.07, 6.45) is 10.2. The van der Waals surface area contributed by atoms with Crippen LogP contribution in [0.15, 0.2) is 52.3 Å². The van der Waals surface area contributed by atoms with Crippen molar-refractivity contribution in [2.45, 2.75) is 0 Å². The van der Waals surface area contributed by atoms with Crippen molar-refractivity contribution in [2.24, 2.45) is 0 Å². The highest BCUT2D eigenvalue weighted by Crippen LogP contribution is 2.30. The van der Waals surface area contributed by atoms with Crippen LogP contribution in [-0.2, 0) is 0 Å². The highest BCUT2D eigenvalue weighted by Gasteiger charge is 2.08. The van der Waals surface area contributed by atoms with E-state index in [-0.39, 0.29) is 0 Å².